The lowest BCUT2D eigenvalue weighted by molar-refractivity contribution is -0.175. The molecular weight excluding hydrogens is 427 g/mol. The van der Waals surface area contributed by atoms with Crippen LogP contribution in [0.25, 0.3) is 0 Å². The van der Waals surface area contributed by atoms with Crippen LogP contribution < -0.4 is 15.8 Å². The number of nitrogens with two attached hydrogens (primary N) is 1. The van der Waals surface area contributed by atoms with E-state index in [2.05, 4.69) is 5.32 Å². The SMILES string of the molecule is CF.CNc1cc(COC=O)ccc1OC1CC(O)CC(C=O)O1.CO.NCCCC=O. The van der Waals surface area contributed by atoms with Crippen LogP contribution in [0.1, 0.15) is 31.2 Å². The van der Waals surface area contributed by atoms with Crippen LogP contribution in [0.4, 0.5) is 10.1 Å². The van der Waals surface area contributed by atoms with Gasteiger partial charge in [-0.05, 0) is 30.7 Å². The van der Waals surface area contributed by atoms with Crippen LogP contribution in [-0.4, -0.2) is 75.6 Å². The van der Waals surface area contributed by atoms with E-state index in [1.54, 1.807) is 25.2 Å². The molecule has 1 aromatic carbocycles. The second-order valence-corrected chi connectivity index (χ2v) is 6.07. The molecule has 1 saturated heterocycles. The molecule has 0 radical (unpaired) electrons. The number of carbonyl (C=O) groups is 3. The van der Waals surface area contributed by atoms with Crippen LogP contribution in [0.3, 0.4) is 0 Å². The normalized spacial score (nSPS) is 18.7. The molecule has 0 spiro atoms. The fourth-order valence-corrected chi connectivity index (χ4v) is 2.49. The van der Waals surface area contributed by atoms with Gasteiger partial charge < -0.3 is 45.1 Å². The molecule has 1 aliphatic rings. The second-order valence-electron chi connectivity index (χ2n) is 6.07. The van der Waals surface area contributed by atoms with E-state index in [9.17, 15) is 23.9 Å². The van der Waals surface area contributed by atoms with Gasteiger partial charge in [0, 0.05) is 33.4 Å². The average Bonchev–Trinajstić information content (AvgIpc) is 2.84. The zero-order valence-electron chi connectivity index (χ0n) is 18.7. The van der Waals surface area contributed by atoms with E-state index in [-0.39, 0.29) is 13.0 Å². The number of unbranched alkanes of at least 4 members (excludes halogenated alkanes) is 1. The molecule has 0 aromatic heterocycles. The smallest absolute Gasteiger partial charge is 0.293 e. The van der Waals surface area contributed by atoms with Crippen molar-refractivity contribution in [1.82, 2.24) is 0 Å². The van der Waals surface area contributed by atoms with Gasteiger partial charge in [-0.1, -0.05) is 6.07 Å². The molecular formula is C21H35FN2O8. The van der Waals surface area contributed by atoms with E-state index in [0.717, 1.165) is 25.4 Å². The lowest BCUT2D eigenvalue weighted by Crippen LogP contribution is -2.39. The molecule has 0 amide bonds. The standard InChI is InChI=1S/C15H19NO6.C4H9NO.CH3F.CH4O/c1-16-13-4-10(8-20-9-18)2-3-14(13)22-15-6-11(19)5-12(7-17)21-15;5-3-1-2-4-6;2*1-2/h2-4,7,9,11-12,15-16,19H,5-6,8H2,1H3;4H,1-3,5H2;1H3;2H,1H3. The van der Waals surface area contributed by atoms with Gasteiger partial charge in [-0.25, -0.2) is 0 Å². The van der Waals surface area contributed by atoms with Gasteiger partial charge in [-0.3, -0.25) is 9.18 Å². The quantitative estimate of drug-likeness (QED) is 0.292. The molecule has 1 fully saturated rings. The summed E-state index contributed by atoms with van der Waals surface area (Å²) in [5.74, 6) is 0.529. The molecule has 10 nitrogen and oxygen atoms in total. The van der Waals surface area contributed by atoms with E-state index in [1.165, 1.54) is 0 Å². The van der Waals surface area contributed by atoms with Crippen molar-refractivity contribution in [2.24, 2.45) is 5.73 Å². The Labute approximate surface area is 187 Å². The van der Waals surface area contributed by atoms with Crippen molar-refractivity contribution in [3.63, 3.8) is 0 Å². The first-order valence-electron chi connectivity index (χ1n) is 9.85. The fourth-order valence-electron chi connectivity index (χ4n) is 2.49. The number of nitrogens with one attached hydrogen (secondary N) is 1. The third kappa shape index (κ3) is 13.7. The van der Waals surface area contributed by atoms with Gasteiger partial charge in [0.05, 0.1) is 19.0 Å². The molecule has 0 saturated carbocycles. The minimum atomic E-state index is -0.692. The molecule has 0 bridgehead atoms. The van der Waals surface area contributed by atoms with Crippen LogP contribution in [0, 0.1) is 0 Å². The van der Waals surface area contributed by atoms with Crippen molar-refractivity contribution in [2.45, 2.75) is 50.8 Å². The lowest BCUT2D eigenvalue weighted by Gasteiger charge is -2.31. The number of aliphatic hydroxyl groups excluding tert-OH is 2. The highest BCUT2D eigenvalue weighted by Crippen LogP contribution is 2.29. The summed E-state index contributed by atoms with van der Waals surface area (Å²) in [6.45, 7) is 1.18. The third-order valence-electron chi connectivity index (χ3n) is 3.86. The third-order valence-corrected chi connectivity index (χ3v) is 3.86. The Hall–Kier alpha value is -2.60. The summed E-state index contributed by atoms with van der Waals surface area (Å²) in [4.78, 5) is 30.6. The van der Waals surface area contributed by atoms with Gasteiger partial charge in [0.1, 0.15) is 31.0 Å². The van der Waals surface area contributed by atoms with E-state index in [1.807, 2.05) is 0 Å². The van der Waals surface area contributed by atoms with Crippen molar-refractivity contribution < 1.29 is 43.2 Å². The molecule has 5 N–H and O–H groups in total. The Morgan fingerprint density at radius 1 is 1.25 bits per heavy atom. The number of hydrogen-bond donors (Lipinski definition) is 4. The lowest BCUT2D eigenvalue weighted by atomic mass is 10.1. The molecule has 32 heavy (non-hydrogen) atoms. The molecule has 2 rings (SSSR count). The monoisotopic (exact) mass is 462 g/mol. The number of halogens is 1. The van der Waals surface area contributed by atoms with Gasteiger partial charge in [-0.2, -0.15) is 0 Å². The summed E-state index contributed by atoms with van der Waals surface area (Å²) in [6.07, 6.45) is 1.57. The first-order chi connectivity index (χ1) is 15.6. The summed E-state index contributed by atoms with van der Waals surface area (Å²) in [5.41, 5.74) is 6.55. The molecule has 184 valence electrons. The number of alkyl halides is 1. The molecule has 3 atom stereocenters. The fraction of sp³-hybridized carbons (Fsp3) is 0.571. The Kier molecular flexibility index (Phi) is 21.3. The highest BCUT2D eigenvalue weighted by molar-refractivity contribution is 5.58. The van der Waals surface area contributed by atoms with Gasteiger partial charge in [-0.15, -0.1) is 0 Å². The van der Waals surface area contributed by atoms with Crippen molar-refractivity contribution in [1.29, 1.82) is 0 Å². The van der Waals surface area contributed by atoms with Crippen molar-refractivity contribution in [3.8, 4) is 5.75 Å². The average molecular weight is 463 g/mol. The van der Waals surface area contributed by atoms with Crippen LogP contribution >= 0.6 is 0 Å². The van der Waals surface area contributed by atoms with Crippen LogP contribution in [-0.2, 0) is 30.5 Å². The minimum Gasteiger partial charge on any atom is -0.463 e. The predicted molar refractivity (Wildman–Crippen MR) is 117 cm³/mol. The molecule has 1 aliphatic heterocycles. The highest BCUT2D eigenvalue weighted by Gasteiger charge is 2.29. The zero-order chi connectivity index (χ0) is 24.8. The summed E-state index contributed by atoms with van der Waals surface area (Å²) >= 11 is 0. The van der Waals surface area contributed by atoms with Crippen molar-refractivity contribution >= 4 is 24.7 Å². The van der Waals surface area contributed by atoms with E-state index in [4.69, 9.17) is 25.1 Å². The first kappa shape index (κ1) is 31.6. The largest absolute Gasteiger partial charge is 0.463 e. The number of aldehydes is 2. The van der Waals surface area contributed by atoms with E-state index in [0.29, 0.717) is 50.8 Å². The number of rotatable bonds is 10. The maximum atomic E-state index is 10.8. The second kappa shape index (κ2) is 21.6. The maximum Gasteiger partial charge on any atom is 0.293 e. The number of ether oxygens (including phenoxy) is 3. The summed E-state index contributed by atoms with van der Waals surface area (Å²) < 4.78 is 25.4. The molecule has 1 aromatic rings. The molecule has 0 aliphatic carbocycles. The number of aliphatic hydroxyl groups is 2. The summed E-state index contributed by atoms with van der Waals surface area (Å²) in [5, 5.41) is 19.7. The number of benzene rings is 1. The minimum absolute atomic E-state index is 0.171. The van der Waals surface area contributed by atoms with E-state index < -0.39 is 18.5 Å². The predicted octanol–water partition coefficient (Wildman–Crippen LogP) is 0.963. The van der Waals surface area contributed by atoms with Crippen molar-refractivity contribution in [2.75, 3.05) is 33.2 Å². The van der Waals surface area contributed by atoms with Crippen LogP contribution in [0.2, 0.25) is 0 Å². The number of carbonyl (C=O) groups excluding carboxylic acids is 3. The summed E-state index contributed by atoms with van der Waals surface area (Å²) in [6, 6.07) is 5.26. The van der Waals surface area contributed by atoms with Crippen LogP contribution in [0.5, 0.6) is 5.75 Å². The number of hydrogen-bond acceptors (Lipinski definition) is 10. The Morgan fingerprint density at radius 3 is 2.44 bits per heavy atom. The molecule has 11 heteroatoms. The zero-order valence-corrected chi connectivity index (χ0v) is 18.7. The first-order valence-corrected chi connectivity index (χ1v) is 9.85. The van der Waals surface area contributed by atoms with Gasteiger partial charge >= 0.3 is 0 Å². The van der Waals surface area contributed by atoms with Crippen molar-refractivity contribution in [3.05, 3.63) is 23.8 Å². The Morgan fingerprint density at radius 2 is 1.94 bits per heavy atom. The number of anilines is 1. The topological polar surface area (TPSA) is 157 Å². The maximum absolute atomic E-state index is 10.8. The molecule has 3 unspecified atom stereocenters. The van der Waals surface area contributed by atoms with Gasteiger partial charge in [0.2, 0.25) is 6.29 Å². The van der Waals surface area contributed by atoms with Gasteiger partial charge in [0.25, 0.3) is 6.47 Å². The molecule has 1 heterocycles. The van der Waals surface area contributed by atoms with E-state index >= 15 is 0 Å². The Balaban J connectivity index is 0. The van der Waals surface area contributed by atoms with Crippen LogP contribution in [0.15, 0.2) is 18.2 Å². The van der Waals surface area contributed by atoms with Gasteiger partial charge in [0.15, 0.2) is 0 Å². The highest BCUT2D eigenvalue weighted by atomic mass is 19.1. The Bertz CT molecular complexity index is 621. The summed E-state index contributed by atoms with van der Waals surface area (Å²) in [7, 11) is 3.23.